The van der Waals surface area contributed by atoms with Crippen molar-refractivity contribution in [2.45, 2.75) is 0 Å². The number of nitrogens with zero attached hydrogens (tertiary/aromatic N) is 1. The number of thiophene rings is 1. The van der Waals surface area contributed by atoms with Crippen LogP contribution in [0.2, 0.25) is 0 Å². The highest BCUT2D eigenvalue weighted by Gasteiger charge is 1.93. The average molecular weight is 127 g/mol. The average Bonchev–Trinajstić information content (AvgIpc) is 2.14. The number of halogens is 1. The molecule has 0 fully saturated rings. The molecule has 0 aliphatic rings. The van der Waals surface area contributed by atoms with E-state index in [-0.39, 0.29) is 5.13 Å². The van der Waals surface area contributed by atoms with E-state index in [9.17, 15) is 4.39 Å². The second kappa shape index (κ2) is 1.93. The van der Waals surface area contributed by atoms with E-state index < -0.39 is 0 Å². The van der Waals surface area contributed by atoms with E-state index in [1.54, 1.807) is 0 Å². The van der Waals surface area contributed by atoms with Crippen LogP contribution in [0.4, 0.5) is 9.39 Å². The molecule has 0 atom stereocenters. The Morgan fingerprint density at radius 2 is 2.38 bits per heavy atom. The van der Waals surface area contributed by atoms with Gasteiger partial charge >= 0.3 is 0 Å². The zero-order chi connectivity index (χ0) is 5.98. The topological polar surface area (TPSA) is 4.36 Å². The molecular weight excluding hydrogens is 125 g/mol. The highest BCUT2D eigenvalue weighted by atomic mass is 32.1. The zero-order valence-corrected chi connectivity index (χ0v) is 4.70. The van der Waals surface area contributed by atoms with E-state index in [0.29, 0.717) is 5.00 Å². The minimum Gasteiger partial charge on any atom is -0.227 e. The van der Waals surface area contributed by atoms with Gasteiger partial charge in [0.15, 0.2) is 5.13 Å². The summed E-state index contributed by atoms with van der Waals surface area (Å²) in [5.41, 5.74) is 0. The molecule has 0 unspecified atom stereocenters. The highest BCUT2D eigenvalue weighted by molar-refractivity contribution is 7.14. The molecule has 1 heterocycles. The zero-order valence-electron chi connectivity index (χ0n) is 3.89. The van der Waals surface area contributed by atoms with Gasteiger partial charge in [0.25, 0.3) is 0 Å². The summed E-state index contributed by atoms with van der Waals surface area (Å²) in [4.78, 5) is 3.02. The molecule has 1 aromatic heterocycles. The van der Waals surface area contributed by atoms with Crippen molar-refractivity contribution in [2.24, 2.45) is 0 Å². The molecule has 1 aromatic rings. The van der Waals surface area contributed by atoms with Gasteiger partial charge in [0.1, 0.15) is 0 Å². The van der Waals surface area contributed by atoms with Crippen LogP contribution in [0.5, 0.6) is 0 Å². The molecular formula is C5H2FNS. The van der Waals surface area contributed by atoms with Gasteiger partial charge in [-0.05, 0) is 12.1 Å². The molecule has 8 heavy (non-hydrogen) atoms. The summed E-state index contributed by atoms with van der Waals surface area (Å²) < 4.78 is 12.0. The summed E-state index contributed by atoms with van der Waals surface area (Å²) in [6.45, 7) is 6.43. The molecule has 40 valence electrons. The summed E-state index contributed by atoms with van der Waals surface area (Å²) in [6.07, 6.45) is 0. The van der Waals surface area contributed by atoms with Crippen LogP contribution in [0.1, 0.15) is 0 Å². The van der Waals surface area contributed by atoms with Gasteiger partial charge in [0.05, 0.1) is 6.57 Å². The second-order valence-electron chi connectivity index (χ2n) is 1.19. The summed E-state index contributed by atoms with van der Waals surface area (Å²) in [7, 11) is 0. The maximum atomic E-state index is 12.0. The van der Waals surface area contributed by atoms with Crippen LogP contribution in [0.15, 0.2) is 12.1 Å². The molecule has 0 saturated carbocycles. The van der Waals surface area contributed by atoms with Gasteiger partial charge in [-0.25, -0.2) is 4.85 Å². The lowest BCUT2D eigenvalue weighted by molar-refractivity contribution is 0.657. The molecule has 3 heteroatoms. The predicted molar refractivity (Wildman–Crippen MR) is 30.5 cm³/mol. The Kier molecular flexibility index (Phi) is 1.27. The van der Waals surface area contributed by atoms with Crippen LogP contribution in [0, 0.1) is 11.7 Å². The van der Waals surface area contributed by atoms with Crippen LogP contribution in [0.25, 0.3) is 4.85 Å². The molecule has 1 nitrogen and oxygen atoms in total. The maximum absolute atomic E-state index is 12.0. The fourth-order valence-electron chi connectivity index (χ4n) is 0.365. The van der Waals surface area contributed by atoms with Gasteiger partial charge in [0.2, 0.25) is 5.00 Å². The Morgan fingerprint density at radius 1 is 1.62 bits per heavy atom. The van der Waals surface area contributed by atoms with E-state index in [1.165, 1.54) is 12.1 Å². The van der Waals surface area contributed by atoms with Crippen LogP contribution in [-0.4, -0.2) is 0 Å². The van der Waals surface area contributed by atoms with Crippen molar-refractivity contribution in [3.05, 3.63) is 28.7 Å². The second-order valence-corrected chi connectivity index (χ2v) is 2.20. The fraction of sp³-hybridized carbons (Fsp3) is 0. The van der Waals surface area contributed by atoms with Gasteiger partial charge in [-0.1, -0.05) is 0 Å². The van der Waals surface area contributed by atoms with Gasteiger partial charge in [-0.15, -0.1) is 11.3 Å². The van der Waals surface area contributed by atoms with Crippen molar-refractivity contribution >= 4 is 16.3 Å². The van der Waals surface area contributed by atoms with Gasteiger partial charge in [-0.2, -0.15) is 4.39 Å². The molecule has 0 aliphatic carbocycles. The van der Waals surface area contributed by atoms with Gasteiger partial charge in [-0.3, -0.25) is 0 Å². The Hall–Kier alpha value is -0.880. The molecule has 0 saturated heterocycles. The first-order valence-corrected chi connectivity index (χ1v) is 2.77. The molecule has 0 aliphatic heterocycles. The van der Waals surface area contributed by atoms with E-state index in [2.05, 4.69) is 4.85 Å². The standard InChI is InChI=1S/C5H2FNS/c1-7-5-3-2-4(6)8-5/h2-3H. The first kappa shape index (κ1) is 5.26. The van der Waals surface area contributed by atoms with Gasteiger partial charge in [0, 0.05) is 0 Å². The molecule has 0 spiro atoms. The predicted octanol–water partition coefficient (Wildman–Crippen LogP) is 2.44. The summed E-state index contributed by atoms with van der Waals surface area (Å²) in [6, 6.07) is 2.76. The molecule has 0 amide bonds. The molecule has 0 aromatic carbocycles. The fourth-order valence-corrected chi connectivity index (χ4v) is 0.882. The Morgan fingerprint density at radius 3 is 2.62 bits per heavy atom. The van der Waals surface area contributed by atoms with Crippen molar-refractivity contribution in [1.29, 1.82) is 0 Å². The Balaban J connectivity index is 3.05. The normalized spacial score (nSPS) is 8.50. The van der Waals surface area contributed by atoms with Crippen LogP contribution < -0.4 is 0 Å². The van der Waals surface area contributed by atoms with E-state index in [1.807, 2.05) is 0 Å². The van der Waals surface area contributed by atoms with Crippen LogP contribution in [0.3, 0.4) is 0 Å². The number of hydrogen-bond donors (Lipinski definition) is 0. The molecule has 0 radical (unpaired) electrons. The van der Waals surface area contributed by atoms with Gasteiger partial charge < -0.3 is 0 Å². The Bertz CT molecular complexity index is 223. The van der Waals surface area contributed by atoms with E-state index in [0.717, 1.165) is 11.3 Å². The third kappa shape index (κ3) is 0.849. The van der Waals surface area contributed by atoms with E-state index >= 15 is 0 Å². The summed E-state index contributed by atoms with van der Waals surface area (Å²) in [5.74, 6) is 0. The summed E-state index contributed by atoms with van der Waals surface area (Å²) in [5, 5.41) is 0.110. The molecule has 0 bridgehead atoms. The van der Waals surface area contributed by atoms with Crippen molar-refractivity contribution in [3.63, 3.8) is 0 Å². The Labute approximate surface area is 50.2 Å². The lowest BCUT2D eigenvalue weighted by Gasteiger charge is -1.67. The minimum absolute atomic E-state index is 0.295. The number of rotatable bonds is 0. The third-order valence-electron chi connectivity index (χ3n) is 0.669. The summed E-state index contributed by atoms with van der Waals surface area (Å²) >= 11 is 0.867. The lowest BCUT2D eigenvalue weighted by atomic mass is 10.6. The van der Waals surface area contributed by atoms with Crippen molar-refractivity contribution in [3.8, 4) is 0 Å². The minimum atomic E-state index is -0.295. The third-order valence-corrected chi connectivity index (χ3v) is 1.44. The van der Waals surface area contributed by atoms with E-state index in [4.69, 9.17) is 6.57 Å². The van der Waals surface area contributed by atoms with Crippen molar-refractivity contribution < 1.29 is 4.39 Å². The first-order chi connectivity index (χ1) is 3.83. The van der Waals surface area contributed by atoms with Crippen LogP contribution in [-0.2, 0) is 0 Å². The smallest absolute Gasteiger partial charge is 0.227 e. The molecule has 0 N–H and O–H groups in total. The van der Waals surface area contributed by atoms with Crippen molar-refractivity contribution in [2.75, 3.05) is 0 Å². The highest BCUT2D eigenvalue weighted by Crippen LogP contribution is 2.22. The molecule has 1 rings (SSSR count). The van der Waals surface area contributed by atoms with Crippen molar-refractivity contribution in [1.82, 2.24) is 0 Å². The first-order valence-electron chi connectivity index (χ1n) is 1.96. The largest absolute Gasteiger partial charge is 0.243 e. The number of hydrogen-bond acceptors (Lipinski definition) is 1. The monoisotopic (exact) mass is 127 g/mol. The quantitative estimate of drug-likeness (QED) is 0.471. The maximum Gasteiger partial charge on any atom is 0.243 e. The van der Waals surface area contributed by atoms with Crippen LogP contribution >= 0.6 is 11.3 Å². The lowest BCUT2D eigenvalue weighted by Crippen LogP contribution is -1.43. The SMILES string of the molecule is [C-]#[N+]c1ccc(F)s1.